The molecule has 1 aromatic rings. The maximum atomic E-state index is 5.91. The Hall–Kier alpha value is -0.570. The van der Waals surface area contributed by atoms with E-state index in [1.54, 1.807) is 0 Å². The third-order valence-corrected chi connectivity index (χ3v) is 4.11. The Morgan fingerprint density at radius 2 is 1.78 bits per heavy atom. The molecule has 0 bridgehead atoms. The third-order valence-electron chi connectivity index (χ3n) is 3.86. The van der Waals surface area contributed by atoms with Crippen LogP contribution >= 0.6 is 11.6 Å². The Balaban J connectivity index is 1.89. The van der Waals surface area contributed by atoms with Gasteiger partial charge < -0.3 is 10.1 Å². The van der Waals surface area contributed by atoms with Crippen LogP contribution in [0.15, 0.2) is 24.3 Å². The summed E-state index contributed by atoms with van der Waals surface area (Å²) in [6.45, 7) is 6.31. The van der Waals surface area contributed by atoms with Crippen molar-refractivity contribution in [3.05, 3.63) is 34.9 Å². The number of nitrogens with one attached hydrogen (secondary N) is 1. The lowest BCUT2D eigenvalue weighted by Gasteiger charge is -2.30. The van der Waals surface area contributed by atoms with Crippen LogP contribution in [0.4, 0.5) is 0 Å². The van der Waals surface area contributed by atoms with Crippen molar-refractivity contribution >= 4 is 11.6 Å². The second-order valence-electron chi connectivity index (χ2n) is 5.18. The first-order chi connectivity index (χ1) is 8.66. The van der Waals surface area contributed by atoms with E-state index < -0.39 is 0 Å². The molecule has 1 saturated heterocycles. The van der Waals surface area contributed by atoms with Gasteiger partial charge in [-0.1, -0.05) is 23.7 Å². The van der Waals surface area contributed by atoms with Gasteiger partial charge in [-0.15, -0.1) is 0 Å². The van der Waals surface area contributed by atoms with Crippen LogP contribution in [0, 0.1) is 5.92 Å². The first-order valence-electron chi connectivity index (χ1n) is 6.76. The Labute approximate surface area is 115 Å². The quantitative estimate of drug-likeness (QED) is 0.896. The Kier molecular flexibility index (Phi) is 5.04. The Bertz CT molecular complexity index is 359. The van der Waals surface area contributed by atoms with Crippen LogP contribution in [0.5, 0.6) is 0 Å². The van der Waals surface area contributed by atoms with Gasteiger partial charge in [0.2, 0.25) is 0 Å². The van der Waals surface area contributed by atoms with Crippen LogP contribution in [0.3, 0.4) is 0 Å². The summed E-state index contributed by atoms with van der Waals surface area (Å²) in [6, 6.07) is 8.98. The normalized spacial score (nSPS) is 20.6. The second kappa shape index (κ2) is 6.55. The van der Waals surface area contributed by atoms with E-state index in [-0.39, 0.29) is 0 Å². The van der Waals surface area contributed by atoms with E-state index in [1.165, 1.54) is 18.4 Å². The standard InChI is InChI=1S/C15H22ClNO/c1-11(13-3-5-15(16)6-4-13)17-12(2)14-7-9-18-10-8-14/h3-6,11-12,14,17H,7-10H2,1-2H3. The molecule has 1 aromatic carbocycles. The number of hydrogen-bond acceptors (Lipinski definition) is 2. The van der Waals surface area contributed by atoms with Gasteiger partial charge in [-0.2, -0.15) is 0 Å². The van der Waals surface area contributed by atoms with Crippen LogP contribution in [0.25, 0.3) is 0 Å². The van der Waals surface area contributed by atoms with Gasteiger partial charge in [0.1, 0.15) is 0 Å². The molecule has 0 amide bonds. The largest absolute Gasteiger partial charge is 0.381 e. The molecule has 18 heavy (non-hydrogen) atoms. The van der Waals surface area contributed by atoms with Gasteiger partial charge in [-0.3, -0.25) is 0 Å². The van der Waals surface area contributed by atoms with Crippen molar-refractivity contribution in [2.75, 3.05) is 13.2 Å². The van der Waals surface area contributed by atoms with Crippen LogP contribution in [0.2, 0.25) is 5.02 Å². The summed E-state index contributed by atoms with van der Waals surface area (Å²) < 4.78 is 5.41. The molecule has 2 atom stereocenters. The van der Waals surface area contributed by atoms with E-state index in [2.05, 4.69) is 31.3 Å². The monoisotopic (exact) mass is 267 g/mol. The highest BCUT2D eigenvalue weighted by molar-refractivity contribution is 6.30. The van der Waals surface area contributed by atoms with Gasteiger partial charge in [0.05, 0.1) is 0 Å². The molecule has 1 aliphatic heterocycles. The Morgan fingerprint density at radius 3 is 2.39 bits per heavy atom. The van der Waals surface area contributed by atoms with Crippen molar-refractivity contribution in [3.8, 4) is 0 Å². The summed E-state index contributed by atoms with van der Waals surface area (Å²) in [5.41, 5.74) is 1.29. The molecule has 0 aromatic heterocycles. The van der Waals surface area contributed by atoms with Gasteiger partial charge in [0.25, 0.3) is 0 Å². The average molecular weight is 268 g/mol. The minimum Gasteiger partial charge on any atom is -0.381 e. The predicted octanol–water partition coefficient (Wildman–Crippen LogP) is 3.81. The van der Waals surface area contributed by atoms with Crippen molar-refractivity contribution < 1.29 is 4.74 Å². The van der Waals surface area contributed by atoms with E-state index in [0.717, 1.165) is 24.2 Å². The fourth-order valence-electron chi connectivity index (χ4n) is 2.59. The van der Waals surface area contributed by atoms with E-state index in [4.69, 9.17) is 16.3 Å². The zero-order valence-electron chi connectivity index (χ0n) is 11.2. The topological polar surface area (TPSA) is 21.3 Å². The summed E-state index contributed by atoms with van der Waals surface area (Å²) in [7, 11) is 0. The van der Waals surface area contributed by atoms with Crippen molar-refractivity contribution in [2.45, 2.75) is 38.8 Å². The summed E-state index contributed by atoms with van der Waals surface area (Å²) >= 11 is 5.91. The van der Waals surface area contributed by atoms with Crippen LogP contribution < -0.4 is 5.32 Å². The van der Waals surface area contributed by atoms with E-state index in [0.29, 0.717) is 12.1 Å². The van der Waals surface area contributed by atoms with Crippen molar-refractivity contribution in [1.82, 2.24) is 5.32 Å². The lowest BCUT2D eigenvalue weighted by molar-refractivity contribution is 0.0547. The summed E-state index contributed by atoms with van der Waals surface area (Å²) in [5.74, 6) is 0.730. The predicted molar refractivity (Wildman–Crippen MR) is 76.0 cm³/mol. The molecule has 0 radical (unpaired) electrons. The van der Waals surface area contributed by atoms with Gasteiger partial charge in [-0.25, -0.2) is 0 Å². The highest BCUT2D eigenvalue weighted by Gasteiger charge is 2.21. The van der Waals surface area contributed by atoms with E-state index in [9.17, 15) is 0 Å². The fourth-order valence-corrected chi connectivity index (χ4v) is 2.72. The van der Waals surface area contributed by atoms with E-state index in [1.807, 2.05) is 12.1 Å². The number of ether oxygens (including phenoxy) is 1. The highest BCUT2D eigenvalue weighted by atomic mass is 35.5. The van der Waals surface area contributed by atoms with Crippen molar-refractivity contribution in [1.29, 1.82) is 0 Å². The molecule has 1 fully saturated rings. The molecule has 2 rings (SSSR count). The molecule has 0 saturated carbocycles. The number of hydrogen-bond donors (Lipinski definition) is 1. The summed E-state index contributed by atoms with van der Waals surface area (Å²) in [5, 5.41) is 4.48. The fraction of sp³-hybridized carbons (Fsp3) is 0.600. The van der Waals surface area contributed by atoms with Gasteiger partial charge in [0, 0.05) is 30.3 Å². The lowest BCUT2D eigenvalue weighted by Crippen LogP contribution is -2.38. The molecule has 2 nitrogen and oxygen atoms in total. The maximum absolute atomic E-state index is 5.91. The molecule has 3 heteroatoms. The molecule has 1 N–H and O–H groups in total. The molecular weight excluding hydrogens is 246 g/mol. The summed E-state index contributed by atoms with van der Waals surface area (Å²) in [6.07, 6.45) is 2.34. The first-order valence-corrected chi connectivity index (χ1v) is 7.14. The Morgan fingerprint density at radius 1 is 1.17 bits per heavy atom. The van der Waals surface area contributed by atoms with Gasteiger partial charge >= 0.3 is 0 Å². The van der Waals surface area contributed by atoms with E-state index >= 15 is 0 Å². The van der Waals surface area contributed by atoms with Crippen LogP contribution in [-0.4, -0.2) is 19.3 Å². The molecule has 100 valence electrons. The van der Waals surface area contributed by atoms with Crippen molar-refractivity contribution in [3.63, 3.8) is 0 Å². The number of benzene rings is 1. The molecule has 2 unspecified atom stereocenters. The van der Waals surface area contributed by atoms with Crippen LogP contribution in [-0.2, 0) is 4.74 Å². The average Bonchev–Trinajstić information content (AvgIpc) is 2.40. The molecule has 1 heterocycles. The molecule has 1 aliphatic rings. The third kappa shape index (κ3) is 3.71. The summed E-state index contributed by atoms with van der Waals surface area (Å²) in [4.78, 5) is 0. The minimum absolute atomic E-state index is 0.361. The van der Waals surface area contributed by atoms with Gasteiger partial charge in [0.15, 0.2) is 0 Å². The first kappa shape index (κ1) is 13.9. The molecular formula is C15H22ClNO. The van der Waals surface area contributed by atoms with Gasteiger partial charge in [-0.05, 0) is 50.3 Å². The number of halogens is 1. The zero-order chi connectivity index (χ0) is 13.0. The van der Waals surface area contributed by atoms with Crippen LogP contribution in [0.1, 0.15) is 38.3 Å². The number of rotatable bonds is 4. The highest BCUT2D eigenvalue weighted by Crippen LogP contribution is 2.22. The zero-order valence-corrected chi connectivity index (χ0v) is 11.9. The second-order valence-corrected chi connectivity index (χ2v) is 5.61. The SMILES string of the molecule is CC(NC(C)C1CCOCC1)c1ccc(Cl)cc1. The lowest BCUT2D eigenvalue weighted by atomic mass is 9.92. The molecule has 0 aliphatic carbocycles. The smallest absolute Gasteiger partial charge is 0.0469 e. The minimum atomic E-state index is 0.361. The molecule has 0 spiro atoms. The maximum Gasteiger partial charge on any atom is 0.0469 e. The van der Waals surface area contributed by atoms with Crippen molar-refractivity contribution in [2.24, 2.45) is 5.92 Å².